The van der Waals surface area contributed by atoms with Gasteiger partial charge in [0.15, 0.2) is 0 Å². The van der Waals surface area contributed by atoms with Crippen LogP contribution in [0.15, 0.2) is 59.5 Å². The Morgan fingerprint density at radius 2 is 2.00 bits per heavy atom. The van der Waals surface area contributed by atoms with Crippen LogP contribution in [0, 0.1) is 0 Å². The molecule has 0 radical (unpaired) electrons. The molecule has 0 aliphatic heterocycles. The number of fused-ring (bicyclic) bond motifs is 1. The van der Waals surface area contributed by atoms with E-state index >= 15 is 0 Å². The molecule has 0 unspecified atom stereocenters. The lowest BCUT2D eigenvalue weighted by Crippen LogP contribution is -2.32. The Hall–Kier alpha value is -3.15. The molecule has 122 valence electrons. The van der Waals surface area contributed by atoms with Gasteiger partial charge in [0.2, 0.25) is 0 Å². The number of carboxylic acid groups (broad SMARTS) is 1. The number of para-hydroxylation sites is 1. The number of benzene rings is 1. The smallest absolute Gasteiger partial charge is 0.305 e. The molecule has 6 heteroatoms. The maximum atomic E-state index is 12.9. The molecule has 0 aliphatic carbocycles. The van der Waals surface area contributed by atoms with E-state index in [9.17, 15) is 9.59 Å². The summed E-state index contributed by atoms with van der Waals surface area (Å²) in [6.07, 6.45) is 4.61. The summed E-state index contributed by atoms with van der Waals surface area (Å²) >= 11 is 0. The van der Waals surface area contributed by atoms with Crippen LogP contribution in [-0.4, -0.2) is 33.4 Å². The number of amides is 1. The van der Waals surface area contributed by atoms with Crippen molar-refractivity contribution in [3.8, 4) is 0 Å². The number of carboxylic acids is 1. The molecule has 0 bridgehead atoms. The number of nitrogens with zero attached hydrogens (tertiary/aromatic N) is 2. The summed E-state index contributed by atoms with van der Waals surface area (Å²) in [6.45, 7) is 0.405. The van der Waals surface area contributed by atoms with Crippen molar-refractivity contribution in [2.24, 2.45) is 0 Å². The van der Waals surface area contributed by atoms with Crippen LogP contribution in [0.3, 0.4) is 0 Å². The lowest BCUT2D eigenvalue weighted by Gasteiger charge is -2.21. The molecule has 2 heterocycles. The first-order valence-corrected chi connectivity index (χ1v) is 7.51. The minimum atomic E-state index is -0.948. The van der Waals surface area contributed by atoms with Crippen molar-refractivity contribution in [3.63, 3.8) is 0 Å². The van der Waals surface area contributed by atoms with E-state index in [4.69, 9.17) is 9.52 Å². The molecule has 2 aromatic heterocycles. The van der Waals surface area contributed by atoms with E-state index in [1.165, 1.54) is 11.2 Å². The summed E-state index contributed by atoms with van der Waals surface area (Å²) in [6, 6.07) is 10.9. The van der Waals surface area contributed by atoms with Crippen molar-refractivity contribution in [3.05, 3.63) is 66.2 Å². The van der Waals surface area contributed by atoms with E-state index in [2.05, 4.69) is 4.98 Å². The van der Waals surface area contributed by atoms with Crippen molar-refractivity contribution in [1.82, 2.24) is 9.88 Å². The van der Waals surface area contributed by atoms with Gasteiger partial charge in [0.1, 0.15) is 11.8 Å². The Kier molecular flexibility index (Phi) is 4.56. The van der Waals surface area contributed by atoms with Crippen LogP contribution in [0.1, 0.15) is 22.3 Å². The van der Waals surface area contributed by atoms with Crippen LogP contribution in [0.2, 0.25) is 0 Å². The number of aliphatic carboxylic acids is 1. The fourth-order valence-electron chi connectivity index (χ4n) is 2.51. The van der Waals surface area contributed by atoms with Gasteiger partial charge in [0.25, 0.3) is 5.91 Å². The number of carbonyl (C=O) groups is 2. The first kappa shape index (κ1) is 15.7. The van der Waals surface area contributed by atoms with Crippen molar-refractivity contribution in [1.29, 1.82) is 0 Å². The molecule has 0 spiro atoms. The molecule has 3 rings (SSSR count). The molecular weight excluding hydrogens is 308 g/mol. The van der Waals surface area contributed by atoms with Gasteiger partial charge in [-0.05, 0) is 17.7 Å². The van der Waals surface area contributed by atoms with E-state index in [-0.39, 0.29) is 18.9 Å². The third kappa shape index (κ3) is 3.43. The second-order valence-corrected chi connectivity index (χ2v) is 5.38. The zero-order valence-corrected chi connectivity index (χ0v) is 12.9. The fourth-order valence-corrected chi connectivity index (χ4v) is 2.51. The minimum absolute atomic E-state index is 0.114. The first-order chi connectivity index (χ1) is 11.6. The summed E-state index contributed by atoms with van der Waals surface area (Å²) in [5.41, 5.74) is 1.89. The highest BCUT2D eigenvalue weighted by atomic mass is 16.4. The van der Waals surface area contributed by atoms with Crippen LogP contribution >= 0.6 is 0 Å². The van der Waals surface area contributed by atoms with Crippen molar-refractivity contribution in [2.45, 2.75) is 13.0 Å². The van der Waals surface area contributed by atoms with Gasteiger partial charge < -0.3 is 14.4 Å². The van der Waals surface area contributed by atoms with E-state index < -0.39 is 5.97 Å². The fraction of sp³-hybridized carbons (Fsp3) is 0.167. The van der Waals surface area contributed by atoms with Crippen LogP contribution in [-0.2, 0) is 11.3 Å². The maximum Gasteiger partial charge on any atom is 0.305 e. The molecule has 0 atom stereocenters. The first-order valence-electron chi connectivity index (χ1n) is 7.51. The summed E-state index contributed by atoms with van der Waals surface area (Å²) in [4.78, 5) is 29.3. The van der Waals surface area contributed by atoms with E-state index in [0.29, 0.717) is 23.1 Å². The Balaban J connectivity index is 1.88. The Bertz CT molecular complexity index is 858. The van der Waals surface area contributed by atoms with Gasteiger partial charge in [-0.25, -0.2) is 0 Å². The molecular formula is C18H16N2O4. The highest BCUT2D eigenvalue weighted by Crippen LogP contribution is 2.23. The molecule has 3 aromatic rings. The summed E-state index contributed by atoms with van der Waals surface area (Å²) in [5, 5.41) is 9.66. The van der Waals surface area contributed by atoms with Gasteiger partial charge in [-0.2, -0.15) is 0 Å². The Labute approximate surface area is 138 Å². The topological polar surface area (TPSA) is 83.6 Å². The number of pyridine rings is 1. The van der Waals surface area contributed by atoms with Gasteiger partial charge in [-0.3, -0.25) is 14.6 Å². The van der Waals surface area contributed by atoms with Gasteiger partial charge in [0.05, 0.1) is 12.0 Å². The maximum absolute atomic E-state index is 12.9. The number of furan rings is 1. The number of hydrogen-bond donors (Lipinski definition) is 1. The lowest BCUT2D eigenvalue weighted by atomic mass is 10.1. The SMILES string of the molecule is O=C(O)CCN(Cc1cccnc1)C(=O)c1coc2ccccc12. The third-order valence-electron chi connectivity index (χ3n) is 3.69. The number of carbonyl (C=O) groups excluding carboxylic acids is 1. The van der Waals surface area contributed by atoms with Gasteiger partial charge >= 0.3 is 5.97 Å². The number of hydrogen-bond acceptors (Lipinski definition) is 4. The van der Waals surface area contributed by atoms with E-state index in [1.54, 1.807) is 24.5 Å². The zero-order chi connectivity index (χ0) is 16.9. The van der Waals surface area contributed by atoms with Gasteiger partial charge in [-0.1, -0.05) is 24.3 Å². The van der Waals surface area contributed by atoms with E-state index in [1.807, 2.05) is 24.3 Å². The monoisotopic (exact) mass is 324 g/mol. The average Bonchev–Trinajstić information content (AvgIpc) is 3.03. The van der Waals surface area contributed by atoms with Crippen molar-refractivity contribution < 1.29 is 19.1 Å². The second-order valence-electron chi connectivity index (χ2n) is 5.38. The summed E-state index contributed by atoms with van der Waals surface area (Å²) in [5.74, 6) is -1.21. The highest BCUT2D eigenvalue weighted by molar-refractivity contribution is 6.05. The summed E-state index contributed by atoms with van der Waals surface area (Å²) in [7, 11) is 0. The number of rotatable bonds is 6. The predicted molar refractivity (Wildman–Crippen MR) is 87.4 cm³/mol. The average molecular weight is 324 g/mol. The minimum Gasteiger partial charge on any atom is -0.481 e. The lowest BCUT2D eigenvalue weighted by molar-refractivity contribution is -0.137. The second kappa shape index (κ2) is 6.95. The quantitative estimate of drug-likeness (QED) is 0.753. The normalized spacial score (nSPS) is 10.7. The summed E-state index contributed by atoms with van der Waals surface area (Å²) < 4.78 is 5.42. The highest BCUT2D eigenvalue weighted by Gasteiger charge is 2.21. The molecule has 24 heavy (non-hydrogen) atoms. The van der Waals surface area contributed by atoms with Crippen molar-refractivity contribution >= 4 is 22.8 Å². The number of aromatic nitrogens is 1. The van der Waals surface area contributed by atoms with Gasteiger partial charge in [-0.15, -0.1) is 0 Å². The van der Waals surface area contributed by atoms with E-state index in [0.717, 1.165) is 5.56 Å². The predicted octanol–water partition coefficient (Wildman–Crippen LogP) is 2.94. The molecule has 0 fully saturated rings. The third-order valence-corrected chi connectivity index (χ3v) is 3.69. The largest absolute Gasteiger partial charge is 0.481 e. The zero-order valence-electron chi connectivity index (χ0n) is 12.9. The molecule has 1 aromatic carbocycles. The Morgan fingerprint density at radius 3 is 2.75 bits per heavy atom. The van der Waals surface area contributed by atoms with Crippen LogP contribution in [0.25, 0.3) is 11.0 Å². The van der Waals surface area contributed by atoms with Crippen LogP contribution in [0.4, 0.5) is 0 Å². The molecule has 6 nitrogen and oxygen atoms in total. The van der Waals surface area contributed by atoms with Crippen LogP contribution in [0.5, 0.6) is 0 Å². The molecule has 1 N–H and O–H groups in total. The molecule has 0 saturated carbocycles. The Morgan fingerprint density at radius 1 is 1.17 bits per heavy atom. The van der Waals surface area contributed by atoms with Gasteiger partial charge in [0, 0.05) is 30.9 Å². The molecule has 0 saturated heterocycles. The molecule has 1 amide bonds. The van der Waals surface area contributed by atoms with Crippen molar-refractivity contribution in [2.75, 3.05) is 6.54 Å². The van der Waals surface area contributed by atoms with Crippen LogP contribution < -0.4 is 0 Å². The standard InChI is InChI=1S/C18H16N2O4/c21-17(22)7-9-20(11-13-4-3-8-19-10-13)18(23)15-12-24-16-6-2-1-5-14(15)16/h1-6,8,10,12H,7,9,11H2,(H,21,22). The molecule has 0 aliphatic rings.